The third-order valence-electron chi connectivity index (χ3n) is 6.21. The maximum absolute atomic E-state index is 11.1. The van der Waals surface area contributed by atoms with Gasteiger partial charge in [0.25, 0.3) is 0 Å². The fraction of sp³-hybridized carbons (Fsp3) is 0.360. The maximum atomic E-state index is 11.1. The first-order valence-electron chi connectivity index (χ1n) is 10.8. The highest BCUT2D eigenvalue weighted by Crippen LogP contribution is 2.23. The minimum Gasteiger partial charge on any atom is -0.478 e. The number of hydrogen-bond acceptors (Lipinski definition) is 4. The van der Waals surface area contributed by atoms with Gasteiger partial charge in [0.15, 0.2) is 0 Å². The van der Waals surface area contributed by atoms with Crippen LogP contribution in [0.3, 0.4) is 0 Å². The van der Waals surface area contributed by atoms with Crippen LogP contribution in [0.4, 0.5) is 0 Å². The zero-order chi connectivity index (χ0) is 22.0. The van der Waals surface area contributed by atoms with Crippen molar-refractivity contribution in [3.63, 3.8) is 0 Å². The van der Waals surface area contributed by atoms with Crippen LogP contribution in [0.1, 0.15) is 41.2 Å². The van der Waals surface area contributed by atoms with E-state index in [0.717, 1.165) is 37.6 Å². The molecular formula is C25H30N4O2. The second kappa shape index (κ2) is 9.04. The number of hydrogen-bond donors (Lipinski definition) is 1. The number of aromatic carboxylic acids is 1. The Bertz CT molecular complexity index is 1030. The van der Waals surface area contributed by atoms with Gasteiger partial charge in [0.1, 0.15) is 5.82 Å². The van der Waals surface area contributed by atoms with E-state index in [0.29, 0.717) is 17.6 Å². The van der Waals surface area contributed by atoms with Gasteiger partial charge in [-0.1, -0.05) is 30.3 Å². The number of benzene rings is 2. The van der Waals surface area contributed by atoms with E-state index in [1.807, 2.05) is 31.5 Å². The molecule has 162 valence electrons. The SMILES string of the molecule is Cc1nccn1-c1ccccc1CN1C[C@@H](C)N(Cc2ccc(C(=O)O)cc2)[C@@H](C)C1. The van der Waals surface area contributed by atoms with Crippen molar-refractivity contribution in [2.24, 2.45) is 0 Å². The van der Waals surface area contributed by atoms with Crippen molar-refractivity contribution < 1.29 is 9.90 Å². The van der Waals surface area contributed by atoms with Gasteiger partial charge in [0, 0.05) is 50.7 Å². The van der Waals surface area contributed by atoms with Crippen molar-refractivity contribution in [3.8, 4) is 5.69 Å². The molecule has 2 heterocycles. The van der Waals surface area contributed by atoms with Gasteiger partial charge in [0.2, 0.25) is 0 Å². The lowest BCUT2D eigenvalue weighted by molar-refractivity contribution is 0.0290. The van der Waals surface area contributed by atoms with Crippen molar-refractivity contribution >= 4 is 5.97 Å². The van der Waals surface area contributed by atoms with E-state index in [9.17, 15) is 4.79 Å². The molecule has 0 radical (unpaired) electrons. The van der Waals surface area contributed by atoms with Gasteiger partial charge < -0.3 is 9.67 Å². The Labute approximate surface area is 183 Å². The molecular weight excluding hydrogens is 388 g/mol. The highest BCUT2D eigenvalue weighted by molar-refractivity contribution is 5.87. The first kappa shape index (κ1) is 21.3. The number of aromatic nitrogens is 2. The normalized spacial score (nSPS) is 20.1. The van der Waals surface area contributed by atoms with Gasteiger partial charge in [-0.3, -0.25) is 9.80 Å². The highest BCUT2D eigenvalue weighted by Gasteiger charge is 2.29. The number of imidazole rings is 1. The Balaban J connectivity index is 1.44. The Morgan fingerprint density at radius 3 is 2.32 bits per heavy atom. The van der Waals surface area contributed by atoms with Gasteiger partial charge >= 0.3 is 5.97 Å². The quantitative estimate of drug-likeness (QED) is 0.656. The molecule has 2 aromatic carbocycles. The number of aryl methyl sites for hydroxylation is 1. The van der Waals surface area contributed by atoms with Crippen molar-refractivity contribution in [2.75, 3.05) is 13.1 Å². The van der Waals surface area contributed by atoms with Crippen LogP contribution in [0.15, 0.2) is 60.9 Å². The minimum atomic E-state index is -0.881. The van der Waals surface area contributed by atoms with E-state index >= 15 is 0 Å². The van der Waals surface area contributed by atoms with E-state index in [-0.39, 0.29) is 0 Å². The third kappa shape index (κ3) is 4.70. The number of nitrogens with zero attached hydrogens (tertiary/aromatic N) is 4. The topological polar surface area (TPSA) is 61.6 Å². The molecule has 0 amide bonds. The van der Waals surface area contributed by atoms with Crippen LogP contribution in [-0.2, 0) is 13.1 Å². The Morgan fingerprint density at radius 1 is 1.03 bits per heavy atom. The molecule has 1 N–H and O–H groups in total. The predicted octanol–water partition coefficient (Wildman–Crippen LogP) is 3.97. The molecule has 31 heavy (non-hydrogen) atoms. The fourth-order valence-corrected chi connectivity index (χ4v) is 4.62. The number of carboxylic acid groups (broad SMARTS) is 1. The molecule has 2 atom stereocenters. The lowest BCUT2D eigenvalue weighted by Gasteiger charge is -2.44. The first-order chi connectivity index (χ1) is 14.9. The third-order valence-corrected chi connectivity index (χ3v) is 6.21. The lowest BCUT2D eigenvalue weighted by atomic mass is 10.0. The number of para-hydroxylation sites is 1. The Kier molecular flexibility index (Phi) is 6.20. The minimum absolute atomic E-state index is 0.335. The zero-order valence-electron chi connectivity index (χ0n) is 18.4. The maximum Gasteiger partial charge on any atom is 0.335 e. The standard InChI is InChI=1S/C25H30N4O2/c1-18-14-27(17-23-6-4-5-7-24(23)28-13-12-26-20(28)3)15-19(2)29(18)16-21-8-10-22(11-9-21)25(30)31/h4-13,18-19H,14-17H2,1-3H3,(H,30,31)/t18-,19+. The zero-order valence-corrected chi connectivity index (χ0v) is 18.4. The molecule has 0 saturated carbocycles. The van der Waals surface area contributed by atoms with Gasteiger partial charge in [-0.15, -0.1) is 0 Å². The molecule has 0 spiro atoms. The molecule has 0 bridgehead atoms. The number of rotatable bonds is 6. The summed E-state index contributed by atoms with van der Waals surface area (Å²) in [5.74, 6) is 0.112. The fourth-order valence-electron chi connectivity index (χ4n) is 4.62. The molecule has 1 aliphatic rings. The van der Waals surface area contributed by atoms with E-state index < -0.39 is 5.97 Å². The first-order valence-corrected chi connectivity index (χ1v) is 10.8. The summed E-state index contributed by atoms with van der Waals surface area (Å²) >= 11 is 0. The van der Waals surface area contributed by atoms with Crippen molar-refractivity contribution in [3.05, 3.63) is 83.4 Å². The van der Waals surface area contributed by atoms with Gasteiger partial charge in [-0.2, -0.15) is 0 Å². The predicted molar refractivity (Wildman–Crippen MR) is 121 cm³/mol. The summed E-state index contributed by atoms with van der Waals surface area (Å²) in [6.07, 6.45) is 3.87. The Hall–Kier alpha value is -2.96. The smallest absolute Gasteiger partial charge is 0.335 e. The van der Waals surface area contributed by atoms with Crippen molar-refractivity contribution in [1.82, 2.24) is 19.4 Å². The van der Waals surface area contributed by atoms with Gasteiger partial charge in [-0.05, 0) is 50.1 Å². The van der Waals surface area contributed by atoms with E-state index in [2.05, 4.69) is 57.5 Å². The summed E-state index contributed by atoms with van der Waals surface area (Å²) in [5.41, 5.74) is 3.99. The molecule has 1 aromatic heterocycles. The number of carbonyl (C=O) groups is 1. The molecule has 3 aromatic rings. The van der Waals surface area contributed by atoms with Crippen LogP contribution in [0.25, 0.3) is 5.69 Å². The molecule has 4 rings (SSSR count). The van der Waals surface area contributed by atoms with Crippen LogP contribution in [0, 0.1) is 6.92 Å². The molecule has 0 aliphatic carbocycles. The molecule has 1 aliphatic heterocycles. The summed E-state index contributed by atoms with van der Waals surface area (Å²) < 4.78 is 2.15. The Morgan fingerprint density at radius 2 is 1.71 bits per heavy atom. The molecule has 0 unspecified atom stereocenters. The van der Waals surface area contributed by atoms with Gasteiger partial charge in [-0.25, -0.2) is 9.78 Å². The van der Waals surface area contributed by atoms with Crippen LogP contribution in [0.2, 0.25) is 0 Å². The van der Waals surface area contributed by atoms with Crippen LogP contribution >= 0.6 is 0 Å². The van der Waals surface area contributed by atoms with E-state index in [4.69, 9.17) is 5.11 Å². The summed E-state index contributed by atoms with van der Waals surface area (Å²) in [6, 6.07) is 16.6. The monoisotopic (exact) mass is 418 g/mol. The number of piperazine rings is 1. The largest absolute Gasteiger partial charge is 0.478 e. The average molecular weight is 419 g/mol. The average Bonchev–Trinajstić information content (AvgIpc) is 3.17. The van der Waals surface area contributed by atoms with E-state index in [1.165, 1.54) is 11.3 Å². The summed E-state index contributed by atoms with van der Waals surface area (Å²) in [4.78, 5) is 20.5. The molecule has 6 heteroatoms. The summed E-state index contributed by atoms with van der Waals surface area (Å²) in [5, 5.41) is 9.11. The number of carboxylic acids is 1. The second-order valence-electron chi connectivity index (χ2n) is 8.54. The van der Waals surface area contributed by atoms with Crippen molar-refractivity contribution in [2.45, 2.75) is 45.9 Å². The molecule has 6 nitrogen and oxygen atoms in total. The second-order valence-corrected chi connectivity index (χ2v) is 8.54. The highest BCUT2D eigenvalue weighted by atomic mass is 16.4. The summed E-state index contributed by atoms with van der Waals surface area (Å²) in [7, 11) is 0. The van der Waals surface area contributed by atoms with Crippen LogP contribution < -0.4 is 0 Å². The molecule has 1 saturated heterocycles. The lowest BCUT2D eigenvalue weighted by Crippen LogP contribution is -2.55. The molecule has 1 fully saturated rings. The summed E-state index contributed by atoms with van der Waals surface area (Å²) in [6.45, 7) is 10.3. The van der Waals surface area contributed by atoms with Crippen LogP contribution in [-0.4, -0.2) is 55.6 Å². The van der Waals surface area contributed by atoms with E-state index in [1.54, 1.807) is 12.1 Å². The van der Waals surface area contributed by atoms with Crippen molar-refractivity contribution in [1.29, 1.82) is 0 Å². The van der Waals surface area contributed by atoms with Gasteiger partial charge in [0.05, 0.1) is 11.3 Å². The van der Waals surface area contributed by atoms with Crippen LogP contribution in [0.5, 0.6) is 0 Å².